The van der Waals surface area contributed by atoms with Crippen molar-refractivity contribution < 1.29 is 116 Å². The minimum absolute atomic E-state index is 0.114. The van der Waals surface area contributed by atoms with Crippen LogP contribution in [0.3, 0.4) is 0 Å². The number of aliphatic hydroxyl groups is 4. The molecule has 1 saturated carbocycles. The minimum Gasteiger partial charge on any atom is -0.600 e. The van der Waals surface area contributed by atoms with E-state index >= 15 is 4.79 Å². The molecule has 26 nitrogen and oxygen atoms in total. The first kappa shape index (κ1) is 73.9. The van der Waals surface area contributed by atoms with Crippen LogP contribution in [-0.4, -0.2) is 196 Å². The quantitative estimate of drug-likeness (QED) is 0.0254. The van der Waals surface area contributed by atoms with Crippen molar-refractivity contribution >= 4 is 29.6 Å². The molecule has 10 aliphatic rings. The molecule has 7 N–H and O–H groups in total. The number of carbonyl (C=O) groups is 5. The number of alkyl carbamates (subject to hydrolysis) is 1. The first-order valence-electron chi connectivity index (χ1n) is 34.2. The lowest BCUT2D eigenvalue weighted by molar-refractivity contribution is -1.09. The maximum Gasteiger partial charge on any atom is 0.407 e. The fraction of sp³-hybridized carbons (Fsp3) is 0.757. The third-order valence-electron chi connectivity index (χ3n) is 22.2. The molecule has 10 rings (SSSR count). The van der Waals surface area contributed by atoms with Crippen LogP contribution in [0.25, 0.3) is 0 Å². The Kier molecular flexibility index (Phi) is 22.9. The van der Waals surface area contributed by atoms with E-state index in [2.05, 4.69) is 25.2 Å². The molecule has 96 heavy (non-hydrogen) atoms. The Labute approximate surface area is 561 Å². The number of allylic oxidation sites excluding steroid dienone is 5. The topological polar surface area (TPSA) is 346 Å². The highest BCUT2D eigenvalue weighted by molar-refractivity contribution is 6.26. The summed E-state index contributed by atoms with van der Waals surface area (Å²) in [7, 11) is 1.17. The van der Waals surface area contributed by atoms with Gasteiger partial charge in [0.2, 0.25) is 5.78 Å². The summed E-state index contributed by atoms with van der Waals surface area (Å²) in [5.74, 6) is -6.54. The molecular formula is C70H102N2O24. The van der Waals surface area contributed by atoms with Gasteiger partial charge in [-0.15, -0.1) is 0 Å². The third kappa shape index (κ3) is 15.0. The molecule has 0 radical (unpaired) electrons. The normalized spacial score (nSPS) is 45.7. The number of Topliss-reactive ketones (excluding diaryl/α,β-unsaturated/α-hetero) is 1. The van der Waals surface area contributed by atoms with Gasteiger partial charge in [0.1, 0.15) is 29.6 Å². The van der Waals surface area contributed by atoms with Gasteiger partial charge in [-0.25, -0.2) is 20.0 Å². The summed E-state index contributed by atoms with van der Waals surface area (Å²) < 4.78 is 82.0. The van der Waals surface area contributed by atoms with Crippen LogP contribution in [0.1, 0.15) is 154 Å². The number of rotatable bonds is 15. The predicted octanol–water partition coefficient (Wildman–Crippen LogP) is 5.80. The van der Waals surface area contributed by atoms with Gasteiger partial charge in [-0.1, -0.05) is 62.8 Å². The van der Waals surface area contributed by atoms with Gasteiger partial charge in [0.25, 0.3) is 0 Å². The average Bonchev–Trinajstić information content (AvgIpc) is 1.48. The number of ketones is 2. The molecule has 0 aromatic rings. The molecule has 30 atom stereocenters. The number of carbonyl (C=O) groups excluding carboxylic acids is 5. The van der Waals surface area contributed by atoms with Crippen molar-refractivity contribution in [1.82, 2.24) is 5.32 Å². The van der Waals surface area contributed by atoms with Gasteiger partial charge < -0.3 is 92.5 Å². The highest BCUT2D eigenvalue weighted by atomic mass is 16.8. The lowest BCUT2D eigenvalue weighted by Crippen LogP contribution is -3.17. The SMILES string of the molecule is COC(=O)NC1C(C)OC(OC2CC=C(C)C3C=CC4C(OC5CC(OC6CCC(OC7CC(O)C(OC8CCC(O)C(C)O8)C(C)O7)C(C)O6)C(OC(C)=O)C(C)O5)C(C)CC(C)C4C3(C)C(O)=C3C(=O)OC4(CC(C=CC(C)=O)=CC(O)C4C=C2C)C3=O)CC1(C)[NH+]([O-])O. The summed E-state index contributed by atoms with van der Waals surface area (Å²) >= 11 is 0. The standard InChI is InChI=1S/C70H102N2O24/c1-32-15-21-50(91-57-31-68(12,72(82)83)63(41(10)89-57)71-67(81)84-14)33(2)26-46-48(76)27-43(17-16-36(5)73)30-70(46)65(79)58(66(80)96-70)64(78)69(13)45(32)19-18-44-59(69)34(3)25-35(4)60(44)95-56-29-52(62(40(9)88-56)90-42(11)74)93-53-24-22-51(38(7)86-53)92-55-28-49(77)61(39(8)87-55)94-54-23-20-47(75)37(6)85-54/h15-19,26-27,34-35,37-41,44-57,59-63,72,75-78,82H,20-25,28-31H2,1-14H3,(H,71,81). The van der Waals surface area contributed by atoms with Crippen molar-refractivity contribution in [2.24, 2.45) is 40.9 Å². The highest BCUT2D eigenvalue weighted by Crippen LogP contribution is 2.61. The molecule has 7 fully saturated rings. The molecular weight excluding hydrogens is 1250 g/mol. The molecule has 536 valence electrons. The van der Waals surface area contributed by atoms with Gasteiger partial charge in [0.15, 0.2) is 54.5 Å². The van der Waals surface area contributed by atoms with Crippen molar-refractivity contribution in [2.45, 2.75) is 288 Å². The maximum absolute atomic E-state index is 15.8. The second-order valence-electron chi connectivity index (χ2n) is 29.1. The number of hydrogen-bond donors (Lipinski definition) is 7. The number of nitrogens with one attached hydrogen (secondary N) is 2. The van der Waals surface area contributed by atoms with Gasteiger partial charge in [-0.2, -0.15) is 0 Å². The van der Waals surface area contributed by atoms with Gasteiger partial charge in [-0.3, -0.25) is 14.4 Å². The van der Waals surface area contributed by atoms with Crippen molar-refractivity contribution in [2.75, 3.05) is 7.11 Å². The first-order valence-corrected chi connectivity index (χ1v) is 34.2. The second-order valence-corrected chi connectivity index (χ2v) is 29.1. The number of hydrogen-bond acceptors (Lipinski definition) is 24. The zero-order valence-electron chi connectivity index (χ0n) is 57.6. The lowest BCUT2D eigenvalue weighted by Gasteiger charge is -2.56. The number of esters is 2. The largest absolute Gasteiger partial charge is 0.600 e. The molecule has 4 aliphatic carbocycles. The van der Waals surface area contributed by atoms with Crippen LogP contribution in [-0.2, 0) is 80.8 Å². The number of methoxy groups -OCH3 is 1. The van der Waals surface area contributed by atoms with Crippen LogP contribution in [0.15, 0.2) is 70.6 Å². The Bertz CT molecular complexity index is 3040. The van der Waals surface area contributed by atoms with Gasteiger partial charge >= 0.3 is 18.0 Å². The zero-order valence-corrected chi connectivity index (χ0v) is 57.6. The second kappa shape index (κ2) is 29.8. The maximum atomic E-state index is 15.8. The van der Waals surface area contributed by atoms with E-state index in [0.29, 0.717) is 43.3 Å². The third-order valence-corrected chi connectivity index (χ3v) is 22.2. The number of quaternary nitrogens is 1. The molecule has 6 heterocycles. The summed E-state index contributed by atoms with van der Waals surface area (Å²) in [6.45, 7) is 22.7. The summed E-state index contributed by atoms with van der Waals surface area (Å²) in [6, 6.07) is -1.03. The van der Waals surface area contributed by atoms with Crippen LogP contribution >= 0.6 is 0 Å². The van der Waals surface area contributed by atoms with E-state index in [1.54, 1.807) is 33.8 Å². The fourth-order valence-corrected chi connectivity index (χ4v) is 17.2. The monoisotopic (exact) mass is 1350 g/mol. The van der Waals surface area contributed by atoms with E-state index in [4.69, 9.17) is 61.6 Å². The van der Waals surface area contributed by atoms with Crippen LogP contribution in [0.2, 0.25) is 0 Å². The Hall–Kier alpha value is -4.85. The van der Waals surface area contributed by atoms with Crippen molar-refractivity contribution in [3.63, 3.8) is 0 Å². The zero-order chi connectivity index (χ0) is 69.8. The van der Waals surface area contributed by atoms with Crippen molar-refractivity contribution in [3.05, 3.63) is 75.8 Å². The fourth-order valence-electron chi connectivity index (χ4n) is 17.2. The van der Waals surface area contributed by atoms with E-state index in [1.807, 2.05) is 39.8 Å². The summed E-state index contributed by atoms with van der Waals surface area (Å²) in [6.07, 6.45) is -1.00. The van der Waals surface area contributed by atoms with Gasteiger partial charge in [0, 0.05) is 56.3 Å². The number of aliphatic hydroxyl groups excluding tert-OH is 4. The summed E-state index contributed by atoms with van der Waals surface area (Å²) in [4.78, 5) is 68.3. The predicted molar refractivity (Wildman–Crippen MR) is 338 cm³/mol. The van der Waals surface area contributed by atoms with Crippen molar-refractivity contribution in [3.8, 4) is 0 Å². The number of ether oxygens (including phenoxy) is 13. The number of amides is 1. The molecule has 2 bridgehead atoms. The summed E-state index contributed by atoms with van der Waals surface area (Å²) in [5.41, 5.74) is -4.20. The lowest BCUT2D eigenvalue weighted by atomic mass is 9.49. The Morgan fingerprint density at radius 3 is 2.00 bits per heavy atom. The smallest absolute Gasteiger partial charge is 0.407 e. The number of fused-ring (bicyclic) bond motifs is 4. The van der Waals surface area contributed by atoms with Crippen LogP contribution in [0.5, 0.6) is 0 Å². The molecule has 1 amide bonds. The Morgan fingerprint density at radius 2 is 1.34 bits per heavy atom. The Balaban J connectivity index is 0.919. The minimum atomic E-state index is -2.13. The van der Waals surface area contributed by atoms with E-state index in [0.717, 1.165) is 5.57 Å². The molecule has 0 aromatic heterocycles. The Morgan fingerprint density at radius 1 is 0.708 bits per heavy atom. The molecule has 0 aromatic carbocycles. The van der Waals surface area contributed by atoms with Crippen molar-refractivity contribution in [1.29, 1.82) is 0 Å². The molecule has 30 unspecified atom stereocenters. The molecule has 6 aliphatic heterocycles. The van der Waals surface area contributed by atoms with Gasteiger partial charge in [-0.05, 0) is 123 Å². The van der Waals surface area contributed by atoms with Crippen LogP contribution in [0.4, 0.5) is 4.79 Å². The first-order chi connectivity index (χ1) is 45.3. The van der Waals surface area contributed by atoms with Crippen LogP contribution < -0.4 is 10.5 Å². The van der Waals surface area contributed by atoms with Crippen LogP contribution in [0, 0.1) is 46.1 Å². The van der Waals surface area contributed by atoms with E-state index in [1.165, 1.54) is 46.1 Å². The van der Waals surface area contributed by atoms with Gasteiger partial charge in [0.05, 0.1) is 86.6 Å². The van der Waals surface area contributed by atoms with E-state index in [-0.39, 0.29) is 49.7 Å². The average molecular weight is 1360 g/mol. The molecule has 1 spiro atoms. The summed E-state index contributed by atoms with van der Waals surface area (Å²) in [5, 5.41) is 72.3. The molecule has 26 heteroatoms. The van der Waals surface area contributed by atoms with E-state index in [9.17, 15) is 50.0 Å². The highest BCUT2D eigenvalue weighted by Gasteiger charge is 2.65. The molecule has 6 saturated heterocycles. The van der Waals surface area contributed by atoms with E-state index < -0.39 is 204 Å². The number of hydroxylamine groups is 2.